The number of amides is 1. The summed E-state index contributed by atoms with van der Waals surface area (Å²) in [5.74, 6) is -9.65. The summed E-state index contributed by atoms with van der Waals surface area (Å²) in [5.41, 5.74) is -1.60. The number of anilines is 1. The van der Waals surface area contributed by atoms with Crippen molar-refractivity contribution in [2.24, 2.45) is 11.7 Å². The van der Waals surface area contributed by atoms with E-state index in [1.807, 2.05) is 0 Å². The maximum absolute atomic E-state index is 16.2. The molecule has 1 saturated carbocycles. The Bertz CT molecular complexity index is 3310. The fourth-order valence-electron chi connectivity index (χ4n) is 8.27. The molecule has 2 N–H and O–H groups in total. The Morgan fingerprint density at radius 2 is 1.51 bits per heavy atom. The van der Waals surface area contributed by atoms with Crippen molar-refractivity contribution in [2.75, 3.05) is 22.5 Å². The van der Waals surface area contributed by atoms with Crippen molar-refractivity contribution in [3.63, 3.8) is 0 Å². The number of nitrogens with two attached hydrogens (primary N) is 1. The third-order valence-corrected chi connectivity index (χ3v) is 16.8. The molecule has 0 radical (unpaired) electrons. The van der Waals surface area contributed by atoms with E-state index in [0.717, 1.165) is 30.5 Å². The minimum atomic E-state index is -5.41. The van der Waals surface area contributed by atoms with Crippen LogP contribution < -0.4 is 9.44 Å². The molecule has 4 atom stereocenters. The number of carbonyl (C=O) groups is 1. The van der Waals surface area contributed by atoms with E-state index in [1.54, 1.807) is 0 Å². The van der Waals surface area contributed by atoms with Crippen molar-refractivity contribution in [3.05, 3.63) is 93.0 Å². The number of carbonyl (C=O) groups excluding carboxylic acids is 1. The van der Waals surface area contributed by atoms with Crippen LogP contribution in [0.2, 0.25) is 5.02 Å². The standard InChI is InChI=1S/C40H34ClF10N7O7S3/c1-37(2,66(3,60)61)11-10-21-6-7-22(23-8-9-27(41)29-31(23)56(17-38(44,45)46)55-36(29)58(67(4,62)63)68(5,64)65)30(53-21)25(14-18-12-19(42)15-20(43)13-18)32(35(52)59)57-34-28(33(54-57)40(49,50)51)24-16-26(24)39(34,47)48/h6-9,12-13,15,24-26,32H,14,16-17H2,1-5H3,(H2,52,59)/t24-,25+,26+,32?/m0/s1. The summed E-state index contributed by atoms with van der Waals surface area (Å²) in [6, 6.07) is 3.26. The number of sulfone groups is 1. The lowest BCUT2D eigenvalue weighted by molar-refractivity contribution is -0.143. The van der Waals surface area contributed by atoms with Gasteiger partial charge in [-0.2, -0.15) is 45.3 Å². The number of fused-ring (bicyclic) bond motifs is 4. The summed E-state index contributed by atoms with van der Waals surface area (Å²) < 4.78 is 225. The predicted octanol–water partition coefficient (Wildman–Crippen LogP) is 6.97. The number of rotatable bonds is 12. The van der Waals surface area contributed by atoms with Crippen LogP contribution in [0.3, 0.4) is 0 Å². The summed E-state index contributed by atoms with van der Waals surface area (Å²) in [5, 5.41) is 5.87. The van der Waals surface area contributed by atoms with Gasteiger partial charge in [0.2, 0.25) is 26.0 Å². The van der Waals surface area contributed by atoms with Gasteiger partial charge in [0.25, 0.3) is 5.92 Å². The van der Waals surface area contributed by atoms with Crippen LogP contribution in [0.25, 0.3) is 22.0 Å². The largest absolute Gasteiger partial charge is 0.435 e. The highest BCUT2D eigenvalue weighted by Gasteiger charge is 2.69. The Morgan fingerprint density at radius 1 is 0.926 bits per heavy atom. The molecular weight excluding hydrogens is 1010 g/mol. The molecule has 0 spiro atoms. The average Bonchev–Trinajstić information content (AvgIpc) is 3.66. The maximum atomic E-state index is 16.2. The fraction of sp³-hybridized carbons (Fsp3) is 0.400. The van der Waals surface area contributed by atoms with Gasteiger partial charge in [-0.25, -0.2) is 43.7 Å². The van der Waals surface area contributed by atoms with Crippen molar-refractivity contribution >= 4 is 64.1 Å². The first-order valence-electron chi connectivity index (χ1n) is 19.5. The number of hydrogen-bond acceptors (Lipinski definition) is 10. The topological polar surface area (TPSA) is 197 Å². The molecule has 3 aromatic heterocycles. The average molecular weight is 1050 g/mol. The van der Waals surface area contributed by atoms with Crippen molar-refractivity contribution in [1.82, 2.24) is 24.5 Å². The number of pyridine rings is 1. The van der Waals surface area contributed by atoms with Gasteiger partial charge in [-0.05, 0) is 74.4 Å². The van der Waals surface area contributed by atoms with E-state index in [4.69, 9.17) is 17.3 Å². The number of halogens is 11. The number of alkyl halides is 8. The lowest BCUT2D eigenvalue weighted by Crippen LogP contribution is -2.37. The number of aromatic nitrogens is 5. The Hall–Kier alpha value is -5.46. The molecule has 1 unspecified atom stereocenters. The van der Waals surface area contributed by atoms with Crippen molar-refractivity contribution in [1.29, 1.82) is 0 Å². The molecule has 3 heterocycles. The SMILES string of the molecule is CC(C)(C#Cc1ccc(-c2ccc(Cl)c3c(N(S(C)(=O)=O)S(C)(=O)=O)nn(CC(F)(F)F)c23)c([C@@H](Cc2cc(F)cc(F)c2)C(C(N)=O)n2nc(C(F)(F)F)c3c2C(F)(F)[C@@H]2C[C@H]32)n1)S(C)(=O)=O. The molecule has 366 valence electrons. The van der Waals surface area contributed by atoms with Gasteiger partial charge in [0.05, 0.1) is 34.1 Å². The summed E-state index contributed by atoms with van der Waals surface area (Å²) in [6.45, 7) is 0.297. The smallest absolute Gasteiger partial charge is 0.368 e. The summed E-state index contributed by atoms with van der Waals surface area (Å²) in [4.78, 5) is 18.4. The zero-order valence-electron chi connectivity index (χ0n) is 35.5. The normalized spacial score (nSPS) is 18.1. The summed E-state index contributed by atoms with van der Waals surface area (Å²) >= 11 is 6.50. The molecule has 0 bridgehead atoms. The van der Waals surface area contributed by atoms with Crippen LogP contribution in [0.5, 0.6) is 0 Å². The third kappa shape index (κ3) is 9.22. The highest BCUT2D eigenvalue weighted by molar-refractivity contribution is 8.09. The van der Waals surface area contributed by atoms with Gasteiger partial charge in [-0.15, -0.1) is 3.71 Å². The molecule has 14 nitrogen and oxygen atoms in total. The molecule has 7 rings (SSSR count). The minimum Gasteiger partial charge on any atom is -0.368 e. The van der Waals surface area contributed by atoms with Crippen LogP contribution in [0, 0.1) is 29.4 Å². The molecule has 2 aliphatic rings. The second kappa shape index (κ2) is 16.3. The Balaban J connectivity index is 1.65. The molecule has 2 aromatic carbocycles. The Morgan fingerprint density at radius 3 is 2.04 bits per heavy atom. The molecule has 0 saturated heterocycles. The first-order valence-corrected chi connectivity index (χ1v) is 25.4. The monoisotopic (exact) mass is 1050 g/mol. The second-order valence-electron chi connectivity index (χ2n) is 16.9. The molecular formula is C40H34ClF10N7O7S3. The molecule has 5 aromatic rings. The van der Waals surface area contributed by atoms with Crippen LogP contribution in [0.4, 0.5) is 49.7 Å². The lowest BCUT2D eigenvalue weighted by atomic mass is 9.84. The fourth-order valence-corrected chi connectivity index (χ4v) is 11.6. The Labute approximate surface area is 385 Å². The number of hydrogen-bond donors (Lipinski definition) is 1. The van der Waals surface area contributed by atoms with E-state index in [2.05, 4.69) is 27.0 Å². The summed E-state index contributed by atoms with van der Waals surface area (Å²) in [7, 11) is -13.9. The first-order chi connectivity index (χ1) is 30.9. The third-order valence-electron chi connectivity index (χ3n) is 11.4. The molecule has 68 heavy (non-hydrogen) atoms. The maximum Gasteiger partial charge on any atom is 0.435 e. The van der Waals surface area contributed by atoms with E-state index in [9.17, 15) is 65.2 Å². The van der Waals surface area contributed by atoms with Crippen LogP contribution in [-0.2, 0) is 59.7 Å². The number of benzene rings is 2. The van der Waals surface area contributed by atoms with E-state index in [0.29, 0.717) is 30.7 Å². The van der Waals surface area contributed by atoms with E-state index >= 15 is 8.78 Å². The van der Waals surface area contributed by atoms with Crippen LogP contribution in [0.1, 0.15) is 72.0 Å². The van der Waals surface area contributed by atoms with Gasteiger partial charge in [-0.1, -0.05) is 23.6 Å². The van der Waals surface area contributed by atoms with E-state index in [1.165, 1.54) is 13.8 Å². The number of primary amides is 1. The van der Waals surface area contributed by atoms with Gasteiger partial charge in [0.1, 0.15) is 40.4 Å². The van der Waals surface area contributed by atoms with Gasteiger partial charge < -0.3 is 5.73 Å². The van der Waals surface area contributed by atoms with Crippen molar-refractivity contribution < 1.29 is 74.0 Å². The highest BCUT2D eigenvalue weighted by atomic mass is 35.5. The molecule has 0 aliphatic heterocycles. The highest BCUT2D eigenvalue weighted by Crippen LogP contribution is 2.69. The molecule has 1 amide bonds. The number of sulfonamides is 2. The van der Waals surface area contributed by atoms with Gasteiger partial charge in [0, 0.05) is 40.8 Å². The Kier molecular flexibility index (Phi) is 12.1. The second-order valence-corrected chi connectivity index (χ2v) is 23.7. The predicted molar refractivity (Wildman–Crippen MR) is 225 cm³/mol. The van der Waals surface area contributed by atoms with Crippen molar-refractivity contribution in [2.45, 2.75) is 74.1 Å². The minimum absolute atomic E-state index is 0.0447. The zero-order valence-corrected chi connectivity index (χ0v) is 38.7. The lowest BCUT2D eigenvalue weighted by Gasteiger charge is -2.29. The van der Waals surface area contributed by atoms with Gasteiger partial charge in [0.15, 0.2) is 21.3 Å². The van der Waals surface area contributed by atoms with Crippen molar-refractivity contribution in [3.8, 4) is 23.0 Å². The summed E-state index contributed by atoms with van der Waals surface area (Å²) in [6.07, 6.45) is -10.4. The van der Waals surface area contributed by atoms with Gasteiger partial charge >= 0.3 is 12.4 Å². The first kappa shape index (κ1) is 50.4. The van der Waals surface area contributed by atoms with E-state index in [-0.39, 0.29) is 13.1 Å². The van der Waals surface area contributed by atoms with Gasteiger partial charge in [-0.3, -0.25) is 9.48 Å². The molecule has 2 aliphatic carbocycles. The van der Waals surface area contributed by atoms with Crippen LogP contribution in [0.15, 0.2) is 42.5 Å². The molecule has 28 heteroatoms. The van der Waals surface area contributed by atoms with E-state index < -0.39 is 180 Å². The van der Waals surface area contributed by atoms with Crippen LogP contribution in [-0.4, -0.2) is 85.4 Å². The zero-order chi connectivity index (χ0) is 50.8. The molecule has 1 fully saturated rings. The number of nitrogens with zero attached hydrogens (tertiary/aromatic N) is 6. The van der Waals surface area contributed by atoms with Crippen LogP contribution >= 0.6 is 11.6 Å². The quantitative estimate of drug-likeness (QED) is 0.101.